The molecule has 0 saturated carbocycles. The van der Waals surface area contributed by atoms with Gasteiger partial charge >= 0.3 is 6.18 Å². The van der Waals surface area contributed by atoms with Gasteiger partial charge in [-0.3, -0.25) is 0 Å². The van der Waals surface area contributed by atoms with Crippen LogP contribution in [0.5, 0.6) is 0 Å². The van der Waals surface area contributed by atoms with Crippen LogP contribution < -0.4 is 5.32 Å². The molecule has 1 aromatic rings. The van der Waals surface area contributed by atoms with E-state index in [9.17, 15) is 13.2 Å². The average Bonchev–Trinajstić information content (AvgIpc) is 3.03. The minimum Gasteiger partial charge on any atom is -0.322 e. The number of fused-ring (bicyclic) bond motifs is 1. The summed E-state index contributed by atoms with van der Waals surface area (Å²) in [5.74, 6) is -0.706. The molecule has 2 heterocycles. The van der Waals surface area contributed by atoms with Crippen LogP contribution in [0, 0.1) is 0 Å². The van der Waals surface area contributed by atoms with E-state index in [-0.39, 0.29) is 5.41 Å². The summed E-state index contributed by atoms with van der Waals surface area (Å²) in [5.41, 5.74) is 1.17. The lowest BCUT2D eigenvalue weighted by molar-refractivity contribution is -0.147. The van der Waals surface area contributed by atoms with Crippen molar-refractivity contribution in [2.45, 2.75) is 110 Å². The Labute approximate surface area is 162 Å². The van der Waals surface area contributed by atoms with Crippen molar-refractivity contribution in [2.75, 3.05) is 6.54 Å². The van der Waals surface area contributed by atoms with Crippen LogP contribution in [-0.2, 0) is 24.7 Å². The van der Waals surface area contributed by atoms with Crippen molar-refractivity contribution in [2.24, 2.45) is 0 Å². The summed E-state index contributed by atoms with van der Waals surface area (Å²) >= 11 is 0. The molecule has 1 aliphatic rings. The Bertz CT molecular complexity index is 566. The van der Waals surface area contributed by atoms with E-state index in [1.54, 1.807) is 0 Å². The summed E-state index contributed by atoms with van der Waals surface area (Å²) < 4.78 is 42.2. The van der Waals surface area contributed by atoms with E-state index in [4.69, 9.17) is 0 Å². The zero-order valence-electron chi connectivity index (χ0n) is 17.2. The highest BCUT2D eigenvalue weighted by Crippen LogP contribution is 2.40. The monoisotopic (exact) mass is 387 g/mol. The fourth-order valence-corrected chi connectivity index (χ4v) is 4.25. The molecule has 1 N–H and O–H groups in total. The molecule has 0 unspecified atom stereocenters. The van der Waals surface area contributed by atoms with E-state index in [1.165, 1.54) is 17.4 Å². The van der Waals surface area contributed by atoms with Crippen molar-refractivity contribution in [3.63, 3.8) is 0 Å². The van der Waals surface area contributed by atoms with Crippen molar-refractivity contribution in [1.29, 1.82) is 0 Å². The molecule has 1 aliphatic heterocycles. The van der Waals surface area contributed by atoms with Gasteiger partial charge in [-0.2, -0.15) is 13.2 Å². The SMILES string of the molecule is CCCCCCC(C)(CCCCCC)c1nc(C(F)(F)F)n2c1CNCC2. The highest BCUT2D eigenvalue weighted by molar-refractivity contribution is 5.28. The fraction of sp³-hybridized carbons (Fsp3) is 0.857. The second kappa shape index (κ2) is 9.94. The summed E-state index contributed by atoms with van der Waals surface area (Å²) in [6.07, 6.45) is 6.52. The van der Waals surface area contributed by atoms with Gasteiger partial charge in [-0.05, 0) is 12.8 Å². The highest BCUT2D eigenvalue weighted by atomic mass is 19.4. The van der Waals surface area contributed by atoms with Gasteiger partial charge in [0.25, 0.3) is 0 Å². The number of unbranched alkanes of at least 4 members (excludes halogenated alkanes) is 6. The lowest BCUT2D eigenvalue weighted by atomic mass is 9.76. The maximum Gasteiger partial charge on any atom is 0.449 e. The summed E-state index contributed by atoms with van der Waals surface area (Å²) in [5, 5.41) is 3.24. The molecule has 0 aliphatic carbocycles. The molecule has 0 spiro atoms. The average molecular weight is 388 g/mol. The molecular formula is C21H36F3N3. The maximum absolute atomic E-state index is 13.6. The van der Waals surface area contributed by atoms with Crippen LogP contribution in [0.4, 0.5) is 13.2 Å². The molecule has 6 heteroatoms. The number of hydrogen-bond acceptors (Lipinski definition) is 2. The number of nitrogens with one attached hydrogen (secondary N) is 1. The van der Waals surface area contributed by atoms with Crippen molar-refractivity contribution in [3.05, 3.63) is 17.2 Å². The van der Waals surface area contributed by atoms with Crippen molar-refractivity contribution in [3.8, 4) is 0 Å². The second-order valence-corrected chi connectivity index (χ2v) is 8.24. The van der Waals surface area contributed by atoms with Crippen LogP contribution in [0.15, 0.2) is 0 Å². The largest absolute Gasteiger partial charge is 0.449 e. The van der Waals surface area contributed by atoms with Crippen LogP contribution in [0.1, 0.15) is 102 Å². The molecule has 0 radical (unpaired) electrons. The zero-order chi connectivity index (χ0) is 19.9. The number of rotatable bonds is 11. The molecule has 2 rings (SSSR count). The molecule has 156 valence electrons. The Kier molecular flexibility index (Phi) is 8.20. The van der Waals surface area contributed by atoms with Gasteiger partial charge in [0.2, 0.25) is 5.82 Å². The number of nitrogens with zero attached hydrogens (tertiary/aromatic N) is 2. The number of halogens is 3. The molecule has 1 aromatic heterocycles. The van der Waals surface area contributed by atoms with Crippen LogP contribution in [0.2, 0.25) is 0 Å². The quantitative estimate of drug-likeness (QED) is 0.458. The summed E-state index contributed by atoms with van der Waals surface area (Å²) in [4.78, 5) is 4.23. The van der Waals surface area contributed by atoms with Gasteiger partial charge in [-0.1, -0.05) is 72.1 Å². The summed E-state index contributed by atoms with van der Waals surface area (Å²) in [7, 11) is 0. The number of imidazole rings is 1. The van der Waals surface area contributed by atoms with Crippen molar-refractivity contribution < 1.29 is 13.2 Å². The topological polar surface area (TPSA) is 29.9 Å². The molecule has 0 atom stereocenters. The first-order chi connectivity index (χ1) is 12.8. The molecule has 0 saturated heterocycles. The zero-order valence-corrected chi connectivity index (χ0v) is 17.2. The van der Waals surface area contributed by atoms with E-state index in [0.717, 1.165) is 57.1 Å². The first-order valence-electron chi connectivity index (χ1n) is 10.7. The molecule has 0 aromatic carbocycles. The Morgan fingerprint density at radius 3 is 2.07 bits per heavy atom. The van der Waals surface area contributed by atoms with Crippen LogP contribution in [-0.4, -0.2) is 16.1 Å². The lowest BCUT2D eigenvalue weighted by Gasteiger charge is -2.31. The number of alkyl halides is 3. The predicted molar refractivity (Wildman–Crippen MR) is 104 cm³/mol. The molecule has 0 fully saturated rings. The Hall–Kier alpha value is -1.04. The molecule has 27 heavy (non-hydrogen) atoms. The molecule has 0 bridgehead atoms. The third-order valence-electron chi connectivity index (χ3n) is 5.87. The van der Waals surface area contributed by atoms with Crippen molar-refractivity contribution >= 4 is 0 Å². The Balaban J connectivity index is 2.31. The van der Waals surface area contributed by atoms with E-state index >= 15 is 0 Å². The third kappa shape index (κ3) is 5.72. The van der Waals surface area contributed by atoms with E-state index in [2.05, 4.69) is 31.1 Å². The van der Waals surface area contributed by atoms with E-state index in [0.29, 0.717) is 25.3 Å². The second-order valence-electron chi connectivity index (χ2n) is 8.24. The van der Waals surface area contributed by atoms with Crippen LogP contribution >= 0.6 is 0 Å². The third-order valence-corrected chi connectivity index (χ3v) is 5.87. The Morgan fingerprint density at radius 1 is 0.963 bits per heavy atom. The summed E-state index contributed by atoms with van der Waals surface area (Å²) in [6.45, 7) is 7.89. The first kappa shape index (κ1) is 22.3. The Morgan fingerprint density at radius 2 is 1.56 bits per heavy atom. The smallest absolute Gasteiger partial charge is 0.322 e. The first-order valence-corrected chi connectivity index (χ1v) is 10.7. The minimum absolute atomic E-state index is 0.277. The van der Waals surface area contributed by atoms with E-state index in [1.807, 2.05) is 0 Å². The number of aromatic nitrogens is 2. The molecule has 0 amide bonds. The van der Waals surface area contributed by atoms with E-state index < -0.39 is 12.0 Å². The lowest BCUT2D eigenvalue weighted by Crippen LogP contribution is -2.32. The van der Waals surface area contributed by atoms with Gasteiger partial charge < -0.3 is 9.88 Å². The minimum atomic E-state index is -4.39. The summed E-state index contributed by atoms with van der Waals surface area (Å²) in [6, 6.07) is 0. The maximum atomic E-state index is 13.6. The van der Waals surface area contributed by atoms with Gasteiger partial charge in [0.05, 0.1) is 11.4 Å². The normalized spacial score (nSPS) is 15.2. The molecular weight excluding hydrogens is 351 g/mol. The predicted octanol–water partition coefficient (Wildman–Crippen LogP) is 6.20. The van der Waals surface area contributed by atoms with Gasteiger partial charge in [0.1, 0.15) is 0 Å². The van der Waals surface area contributed by atoms with Crippen molar-refractivity contribution in [1.82, 2.24) is 14.9 Å². The number of hydrogen-bond donors (Lipinski definition) is 1. The van der Waals surface area contributed by atoms with Gasteiger partial charge in [-0.15, -0.1) is 0 Å². The van der Waals surface area contributed by atoms with Gasteiger partial charge in [-0.25, -0.2) is 4.98 Å². The van der Waals surface area contributed by atoms with Gasteiger partial charge in [0.15, 0.2) is 0 Å². The van der Waals surface area contributed by atoms with Crippen LogP contribution in [0.3, 0.4) is 0 Å². The highest BCUT2D eigenvalue weighted by Gasteiger charge is 2.42. The molecule has 3 nitrogen and oxygen atoms in total. The van der Waals surface area contributed by atoms with Gasteiger partial charge in [0, 0.05) is 25.0 Å². The standard InChI is InChI=1S/C21H36F3N3/c1-4-6-8-10-12-20(3,13-11-9-7-5-2)18-17-16-25-14-15-27(17)19(26-18)21(22,23)24/h25H,4-16H2,1-3H3. The van der Waals surface area contributed by atoms with Crippen LogP contribution in [0.25, 0.3) is 0 Å². The fourth-order valence-electron chi connectivity index (χ4n) is 4.25.